The van der Waals surface area contributed by atoms with E-state index < -0.39 is 0 Å². The Morgan fingerprint density at radius 1 is 1.58 bits per heavy atom. The van der Waals surface area contributed by atoms with Gasteiger partial charge < -0.3 is 4.42 Å². The van der Waals surface area contributed by atoms with Crippen LogP contribution in [-0.4, -0.2) is 9.78 Å². The highest BCUT2D eigenvalue weighted by molar-refractivity contribution is 5.30. The molecule has 0 aliphatic rings. The summed E-state index contributed by atoms with van der Waals surface area (Å²) in [6, 6.07) is 3.77. The Kier molecular flexibility index (Phi) is 1.42. The number of hydrogen-bond donors (Lipinski definition) is 0. The second kappa shape index (κ2) is 2.55. The van der Waals surface area contributed by atoms with E-state index in [1.807, 2.05) is 6.07 Å². The number of hydrogen-bond acceptors (Lipinski definition) is 3. The van der Waals surface area contributed by atoms with E-state index >= 15 is 0 Å². The molecular formula is C8H5N3O. The van der Waals surface area contributed by atoms with Gasteiger partial charge in [0.05, 0.1) is 18.0 Å². The van der Waals surface area contributed by atoms with Crippen LogP contribution in [0, 0.1) is 11.3 Å². The summed E-state index contributed by atoms with van der Waals surface area (Å²) in [4.78, 5) is 0. The van der Waals surface area contributed by atoms with Gasteiger partial charge in [0.2, 0.25) is 0 Å². The van der Waals surface area contributed by atoms with Crippen LogP contribution in [0.4, 0.5) is 0 Å². The van der Waals surface area contributed by atoms with E-state index in [9.17, 15) is 0 Å². The standard InChI is InChI=1S/C8H5N3O/c9-3-7-4-10-11(5-7)8-1-2-12-6-8/h1-2,4-6H. The molecule has 58 valence electrons. The maximum atomic E-state index is 8.52. The molecular weight excluding hydrogens is 154 g/mol. The van der Waals surface area contributed by atoms with Crippen LogP contribution >= 0.6 is 0 Å². The van der Waals surface area contributed by atoms with Crippen molar-refractivity contribution in [2.45, 2.75) is 0 Å². The van der Waals surface area contributed by atoms with Crippen LogP contribution in [0.3, 0.4) is 0 Å². The predicted octanol–water partition coefficient (Wildman–Crippen LogP) is 1.34. The maximum Gasteiger partial charge on any atom is 0.116 e. The molecule has 0 amide bonds. The van der Waals surface area contributed by atoms with Crippen molar-refractivity contribution in [3.63, 3.8) is 0 Å². The summed E-state index contributed by atoms with van der Waals surface area (Å²) >= 11 is 0. The largest absolute Gasteiger partial charge is 0.470 e. The summed E-state index contributed by atoms with van der Waals surface area (Å²) in [7, 11) is 0. The number of aromatic nitrogens is 2. The number of nitriles is 1. The number of furan rings is 1. The van der Waals surface area contributed by atoms with Crippen molar-refractivity contribution in [2.75, 3.05) is 0 Å². The molecule has 2 heterocycles. The van der Waals surface area contributed by atoms with E-state index in [0.29, 0.717) is 5.56 Å². The van der Waals surface area contributed by atoms with E-state index in [1.54, 1.807) is 29.5 Å². The topological polar surface area (TPSA) is 54.8 Å². The Morgan fingerprint density at radius 3 is 3.08 bits per heavy atom. The summed E-state index contributed by atoms with van der Waals surface area (Å²) in [6.07, 6.45) is 6.27. The van der Waals surface area contributed by atoms with Crippen LogP contribution in [0.1, 0.15) is 5.56 Å². The quantitative estimate of drug-likeness (QED) is 0.630. The van der Waals surface area contributed by atoms with Crippen molar-refractivity contribution >= 4 is 0 Å². The van der Waals surface area contributed by atoms with E-state index in [4.69, 9.17) is 9.68 Å². The fraction of sp³-hybridized carbons (Fsp3) is 0. The van der Waals surface area contributed by atoms with E-state index in [2.05, 4.69) is 5.10 Å². The van der Waals surface area contributed by atoms with Gasteiger partial charge in [-0.2, -0.15) is 10.4 Å². The maximum absolute atomic E-state index is 8.52. The molecule has 2 aromatic rings. The summed E-state index contributed by atoms with van der Waals surface area (Å²) in [6.45, 7) is 0. The molecule has 0 aromatic carbocycles. The summed E-state index contributed by atoms with van der Waals surface area (Å²) in [5, 5.41) is 12.5. The van der Waals surface area contributed by atoms with E-state index in [0.717, 1.165) is 5.69 Å². The van der Waals surface area contributed by atoms with Gasteiger partial charge in [0.25, 0.3) is 0 Å². The molecule has 4 nitrogen and oxygen atoms in total. The lowest BCUT2D eigenvalue weighted by atomic mass is 10.4. The molecule has 4 heteroatoms. The average Bonchev–Trinajstić information content (AvgIpc) is 2.75. The van der Waals surface area contributed by atoms with Gasteiger partial charge in [0.1, 0.15) is 18.0 Å². The van der Waals surface area contributed by atoms with Crippen LogP contribution in [0.2, 0.25) is 0 Å². The Labute approximate surface area is 68.6 Å². The minimum atomic E-state index is 0.538. The third-order valence-electron chi connectivity index (χ3n) is 1.48. The molecule has 2 rings (SSSR count). The minimum Gasteiger partial charge on any atom is -0.470 e. The molecule has 0 fully saturated rings. The Morgan fingerprint density at radius 2 is 2.50 bits per heavy atom. The van der Waals surface area contributed by atoms with Crippen LogP contribution in [0.5, 0.6) is 0 Å². The van der Waals surface area contributed by atoms with Crippen LogP contribution in [0.25, 0.3) is 5.69 Å². The third kappa shape index (κ3) is 0.974. The van der Waals surface area contributed by atoms with Crippen molar-refractivity contribution in [3.05, 3.63) is 36.5 Å². The van der Waals surface area contributed by atoms with Crippen LogP contribution < -0.4 is 0 Å². The van der Waals surface area contributed by atoms with Gasteiger partial charge in [0.15, 0.2) is 0 Å². The predicted molar refractivity (Wildman–Crippen MR) is 40.5 cm³/mol. The smallest absolute Gasteiger partial charge is 0.116 e. The molecule has 12 heavy (non-hydrogen) atoms. The first-order valence-electron chi connectivity index (χ1n) is 3.37. The number of rotatable bonds is 1. The fourth-order valence-corrected chi connectivity index (χ4v) is 0.909. The summed E-state index contributed by atoms with van der Waals surface area (Å²) in [5.74, 6) is 0. The molecule has 0 aliphatic carbocycles. The molecule has 0 bridgehead atoms. The Balaban J connectivity index is 2.44. The molecule has 0 unspecified atom stereocenters. The number of nitrogens with zero attached hydrogens (tertiary/aromatic N) is 3. The highest BCUT2D eigenvalue weighted by Gasteiger charge is 1.99. The SMILES string of the molecule is N#Cc1cnn(-c2ccoc2)c1. The first kappa shape index (κ1) is 6.68. The molecule has 0 spiro atoms. The average molecular weight is 159 g/mol. The molecule has 0 radical (unpaired) electrons. The second-order valence-corrected chi connectivity index (χ2v) is 2.27. The van der Waals surface area contributed by atoms with Crippen molar-refractivity contribution in [3.8, 4) is 11.8 Å². The van der Waals surface area contributed by atoms with E-state index in [1.165, 1.54) is 6.20 Å². The molecule has 0 atom stereocenters. The first-order valence-corrected chi connectivity index (χ1v) is 3.37. The Hall–Kier alpha value is -2.02. The molecule has 0 saturated carbocycles. The third-order valence-corrected chi connectivity index (χ3v) is 1.48. The Bertz CT molecular complexity index is 408. The van der Waals surface area contributed by atoms with E-state index in [-0.39, 0.29) is 0 Å². The lowest BCUT2D eigenvalue weighted by Crippen LogP contribution is -1.90. The van der Waals surface area contributed by atoms with Crippen molar-refractivity contribution in [1.82, 2.24) is 9.78 Å². The summed E-state index contributed by atoms with van der Waals surface area (Å²) < 4.78 is 6.45. The molecule has 0 N–H and O–H groups in total. The van der Waals surface area contributed by atoms with Gasteiger partial charge in [-0.25, -0.2) is 4.68 Å². The molecule has 0 aliphatic heterocycles. The lowest BCUT2D eigenvalue weighted by Gasteiger charge is -1.90. The van der Waals surface area contributed by atoms with Gasteiger partial charge in [-0.1, -0.05) is 0 Å². The highest BCUT2D eigenvalue weighted by Crippen LogP contribution is 2.07. The van der Waals surface area contributed by atoms with Gasteiger partial charge in [0, 0.05) is 12.3 Å². The normalized spacial score (nSPS) is 9.58. The zero-order valence-corrected chi connectivity index (χ0v) is 6.14. The van der Waals surface area contributed by atoms with Gasteiger partial charge in [-0.05, 0) is 0 Å². The molecule has 0 saturated heterocycles. The summed E-state index contributed by atoms with van der Waals surface area (Å²) in [5.41, 5.74) is 1.35. The lowest BCUT2D eigenvalue weighted by molar-refractivity contribution is 0.564. The first-order chi connectivity index (χ1) is 5.90. The van der Waals surface area contributed by atoms with Gasteiger partial charge >= 0.3 is 0 Å². The van der Waals surface area contributed by atoms with Crippen LogP contribution in [-0.2, 0) is 0 Å². The monoisotopic (exact) mass is 159 g/mol. The second-order valence-electron chi connectivity index (χ2n) is 2.27. The fourth-order valence-electron chi connectivity index (χ4n) is 0.909. The highest BCUT2D eigenvalue weighted by atomic mass is 16.3. The van der Waals surface area contributed by atoms with Crippen molar-refractivity contribution in [1.29, 1.82) is 5.26 Å². The van der Waals surface area contributed by atoms with Crippen LogP contribution in [0.15, 0.2) is 35.4 Å². The van der Waals surface area contributed by atoms with Crippen molar-refractivity contribution < 1.29 is 4.42 Å². The van der Waals surface area contributed by atoms with Gasteiger partial charge in [-0.3, -0.25) is 0 Å². The molecule has 2 aromatic heterocycles. The minimum absolute atomic E-state index is 0.538. The zero-order valence-electron chi connectivity index (χ0n) is 6.14. The van der Waals surface area contributed by atoms with Crippen molar-refractivity contribution in [2.24, 2.45) is 0 Å². The zero-order chi connectivity index (χ0) is 8.39. The van der Waals surface area contributed by atoms with Gasteiger partial charge in [-0.15, -0.1) is 0 Å².